The van der Waals surface area contributed by atoms with Crippen LogP contribution in [0.1, 0.15) is 18.4 Å². The van der Waals surface area contributed by atoms with Crippen LogP contribution in [0.3, 0.4) is 0 Å². The van der Waals surface area contributed by atoms with Crippen LogP contribution >= 0.6 is 0 Å². The summed E-state index contributed by atoms with van der Waals surface area (Å²) in [6, 6.07) is 9.82. The number of hydrogen-bond donors (Lipinski definition) is 2. The highest BCUT2D eigenvalue weighted by molar-refractivity contribution is 5.67. The van der Waals surface area contributed by atoms with E-state index in [0.717, 1.165) is 25.1 Å². The van der Waals surface area contributed by atoms with Crippen LogP contribution in [-0.2, 0) is 11.3 Å². The Bertz CT molecular complexity index is 361. The van der Waals surface area contributed by atoms with Gasteiger partial charge in [-0.25, -0.2) is 4.79 Å². The minimum absolute atomic E-state index is 0.329. The second-order valence-electron chi connectivity index (χ2n) is 4.65. The van der Waals surface area contributed by atoms with Crippen LogP contribution < -0.4 is 10.6 Å². The Hall–Kier alpha value is -1.55. The lowest BCUT2D eigenvalue weighted by Crippen LogP contribution is -2.34. The molecule has 1 unspecified atom stereocenters. The first-order valence-electron chi connectivity index (χ1n) is 6.50. The van der Waals surface area contributed by atoms with E-state index in [1.807, 2.05) is 30.3 Å². The molecule has 4 nitrogen and oxygen atoms in total. The van der Waals surface area contributed by atoms with Gasteiger partial charge < -0.3 is 15.4 Å². The summed E-state index contributed by atoms with van der Waals surface area (Å²) >= 11 is 0. The molecule has 1 aromatic carbocycles. The van der Waals surface area contributed by atoms with E-state index in [-0.39, 0.29) is 6.09 Å². The van der Waals surface area contributed by atoms with Gasteiger partial charge in [-0.05, 0) is 24.9 Å². The molecule has 98 valence electrons. The van der Waals surface area contributed by atoms with E-state index in [9.17, 15) is 4.79 Å². The fourth-order valence-electron chi connectivity index (χ4n) is 2.08. The van der Waals surface area contributed by atoms with Crippen LogP contribution in [0.15, 0.2) is 30.3 Å². The van der Waals surface area contributed by atoms with Crippen LogP contribution in [0.5, 0.6) is 0 Å². The Labute approximate surface area is 108 Å². The molecule has 1 atom stereocenters. The third-order valence-corrected chi connectivity index (χ3v) is 3.13. The second-order valence-corrected chi connectivity index (χ2v) is 4.65. The van der Waals surface area contributed by atoms with Crippen LogP contribution in [0.4, 0.5) is 4.79 Å². The summed E-state index contributed by atoms with van der Waals surface area (Å²) in [5.74, 6) is 0.459. The first kappa shape index (κ1) is 12.9. The molecule has 18 heavy (non-hydrogen) atoms. The largest absolute Gasteiger partial charge is 0.449 e. The van der Waals surface area contributed by atoms with E-state index in [1.54, 1.807) is 0 Å². The molecule has 0 saturated carbocycles. The smallest absolute Gasteiger partial charge is 0.407 e. The summed E-state index contributed by atoms with van der Waals surface area (Å²) in [7, 11) is 0. The standard InChI is InChI=1S/C14H20N2O2/c17-14(16-10-12-5-2-1-3-6-12)18-11-13-7-4-8-15-9-13/h1-3,5-6,13,15H,4,7-11H2,(H,16,17). The number of nitrogens with one attached hydrogen (secondary N) is 2. The lowest BCUT2D eigenvalue weighted by atomic mass is 10.0. The number of ether oxygens (including phenoxy) is 1. The number of alkyl carbamates (subject to hydrolysis) is 1. The van der Waals surface area contributed by atoms with Gasteiger partial charge in [0.05, 0.1) is 6.61 Å². The molecule has 1 aliphatic rings. The fourth-order valence-corrected chi connectivity index (χ4v) is 2.08. The van der Waals surface area contributed by atoms with Crippen molar-refractivity contribution in [3.63, 3.8) is 0 Å². The van der Waals surface area contributed by atoms with Gasteiger partial charge in [-0.1, -0.05) is 30.3 Å². The van der Waals surface area contributed by atoms with Crippen molar-refractivity contribution in [2.75, 3.05) is 19.7 Å². The maximum absolute atomic E-state index is 11.5. The van der Waals surface area contributed by atoms with Crippen molar-refractivity contribution in [3.8, 4) is 0 Å². The molecule has 0 radical (unpaired) electrons. The number of hydrogen-bond acceptors (Lipinski definition) is 3. The number of benzene rings is 1. The van der Waals surface area contributed by atoms with E-state index < -0.39 is 0 Å². The van der Waals surface area contributed by atoms with E-state index in [2.05, 4.69) is 10.6 Å². The predicted molar refractivity (Wildman–Crippen MR) is 70.2 cm³/mol. The molecule has 0 bridgehead atoms. The second kappa shape index (κ2) is 7.01. The highest BCUT2D eigenvalue weighted by Gasteiger charge is 2.14. The Morgan fingerprint density at radius 3 is 2.94 bits per heavy atom. The quantitative estimate of drug-likeness (QED) is 0.855. The van der Waals surface area contributed by atoms with Crippen LogP contribution in [0.25, 0.3) is 0 Å². The first-order valence-corrected chi connectivity index (χ1v) is 6.50. The van der Waals surface area contributed by atoms with Gasteiger partial charge in [0, 0.05) is 19.0 Å². The van der Waals surface area contributed by atoms with Crippen LogP contribution in [-0.4, -0.2) is 25.8 Å². The maximum atomic E-state index is 11.5. The molecule has 1 heterocycles. The van der Waals surface area contributed by atoms with Gasteiger partial charge in [-0.2, -0.15) is 0 Å². The Morgan fingerprint density at radius 1 is 1.39 bits per heavy atom. The zero-order valence-corrected chi connectivity index (χ0v) is 10.5. The van der Waals surface area contributed by atoms with E-state index in [4.69, 9.17) is 4.74 Å². The van der Waals surface area contributed by atoms with E-state index in [1.165, 1.54) is 6.42 Å². The Morgan fingerprint density at radius 2 is 2.22 bits per heavy atom. The highest BCUT2D eigenvalue weighted by atomic mass is 16.5. The molecule has 1 fully saturated rings. The normalized spacial score (nSPS) is 19.2. The van der Waals surface area contributed by atoms with Gasteiger partial charge in [0.25, 0.3) is 0 Å². The van der Waals surface area contributed by atoms with Crippen molar-refractivity contribution in [3.05, 3.63) is 35.9 Å². The number of rotatable bonds is 4. The lowest BCUT2D eigenvalue weighted by molar-refractivity contribution is 0.119. The number of piperidine rings is 1. The third kappa shape index (κ3) is 4.37. The van der Waals surface area contributed by atoms with Crippen LogP contribution in [0.2, 0.25) is 0 Å². The molecule has 1 amide bonds. The van der Waals surface area contributed by atoms with Crippen molar-refractivity contribution < 1.29 is 9.53 Å². The number of carbonyl (C=O) groups excluding carboxylic acids is 1. The summed E-state index contributed by atoms with van der Waals surface area (Å²) in [5, 5.41) is 6.06. The zero-order valence-electron chi connectivity index (χ0n) is 10.5. The minimum atomic E-state index is -0.329. The molecule has 2 N–H and O–H groups in total. The average Bonchev–Trinajstić information content (AvgIpc) is 2.45. The van der Waals surface area contributed by atoms with Crippen molar-refractivity contribution in [2.24, 2.45) is 5.92 Å². The number of carbonyl (C=O) groups is 1. The fraction of sp³-hybridized carbons (Fsp3) is 0.500. The Kier molecular flexibility index (Phi) is 5.02. The molecule has 2 rings (SSSR count). The van der Waals surface area contributed by atoms with Gasteiger partial charge in [0.2, 0.25) is 0 Å². The monoisotopic (exact) mass is 248 g/mol. The minimum Gasteiger partial charge on any atom is -0.449 e. The van der Waals surface area contributed by atoms with Crippen LogP contribution in [0, 0.1) is 5.92 Å². The third-order valence-electron chi connectivity index (χ3n) is 3.13. The predicted octanol–water partition coefficient (Wildman–Crippen LogP) is 1.91. The number of amides is 1. The molecule has 0 spiro atoms. The summed E-state index contributed by atoms with van der Waals surface area (Å²) in [6.45, 7) is 3.05. The first-order chi connectivity index (χ1) is 8.84. The van der Waals surface area contributed by atoms with Gasteiger partial charge in [0.1, 0.15) is 0 Å². The molecule has 1 aromatic rings. The van der Waals surface area contributed by atoms with Crippen molar-refractivity contribution in [2.45, 2.75) is 19.4 Å². The van der Waals surface area contributed by atoms with E-state index in [0.29, 0.717) is 19.1 Å². The van der Waals surface area contributed by atoms with Crippen molar-refractivity contribution in [1.82, 2.24) is 10.6 Å². The van der Waals surface area contributed by atoms with Gasteiger partial charge in [-0.15, -0.1) is 0 Å². The van der Waals surface area contributed by atoms with Gasteiger partial charge in [-0.3, -0.25) is 0 Å². The Balaban J connectivity index is 1.63. The SMILES string of the molecule is O=C(NCc1ccccc1)OCC1CCCNC1. The summed E-state index contributed by atoms with van der Waals surface area (Å²) in [5.41, 5.74) is 1.08. The average molecular weight is 248 g/mol. The van der Waals surface area contributed by atoms with Gasteiger partial charge in [0.15, 0.2) is 0 Å². The van der Waals surface area contributed by atoms with E-state index >= 15 is 0 Å². The van der Waals surface area contributed by atoms with Crippen molar-refractivity contribution >= 4 is 6.09 Å². The van der Waals surface area contributed by atoms with Gasteiger partial charge >= 0.3 is 6.09 Å². The molecule has 4 heteroatoms. The summed E-state index contributed by atoms with van der Waals surface area (Å²) < 4.78 is 5.21. The lowest BCUT2D eigenvalue weighted by Gasteiger charge is -2.22. The summed E-state index contributed by atoms with van der Waals surface area (Å²) in [6.07, 6.45) is 1.97. The zero-order chi connectivity index (χ0) is 12.6. The topological polar surface area (TPSA) is 50.4 Å². The van der Waals surface area contributed by atoms with Crippen molar-refractivity contribution in [1.29, 1.82) is 0 Å². The molecular weight excluding hydrogens is 228 g/mol. The maximum Gasteiger partial charge on any atom is 0.407 e. The molecule has 1 saturated heterocycles. The molecular formula is C14H20N2O2. The molecule has 0 aromatic heterocycles. The molecule has 1 aliphatic heterocycles. The highest BCUT2D eigenvalue weighted by Crippen LogP contribution is 2.09. The summed E-state index contributed by atoms with van der Waals surface area (Å²) in [4.78, 5) is 11.5. The molecule has 0 aliphatic carbocycles.